The van der Waals surface area contributed by atoms with Gasteiger partial charge in [0, 0.05) is 12.8 Å². The van der Waals surface area contributed by atoms with Crippen LogP contribution >= 0.6 is 0 Å². The van der Waals surface area contributed by atoms with E-state index >= 15 is 0 Å². The van der Waals surface area contributed by atoms with Gasteiger partial charge in [0.2, 0.25) is 0 Å². The van der Waals surface area contributed by atoms with Crippen LogP contribution in [0.4, 0.5) is 0 Å². The Balaban J connectivity index is 0.785. The third-order valence-corrected chi connectivity index (χ3v) is 10.1. The second-order valence-corrected chi connectivity index (χ2v) is 14.5. The second kappa shape index (κ2) is 23.2. The van der Waals surface area contributed by atoms with Crippen molar-refractivity contribution >= 4 is 11.9 Å². The molecule has 6 aromatic carbocycles. The molecule has 8 nitrogen and oxygen atoms in total. The van der Waals surface area contributed by atoms with Gasteiger partial charge in [0.15, 0.2) is 0 Å². The van der Waals surface area contributed by atoms with E-state index in [9.17, 15) is 9.59 Å². The van der Waals surface area contributed by atoms with Crippen molar-refractivity contribution in [3.8, 4) is 67.9 Å². The summed E-state index contributed by atoms with van der Waals surface area (Å²) in [6.45, 7) is 1.27. The molecular formula is C52H54O8. The van der Waals surface area contributed by atoms with Crippen LogP contribution in [0, 0.1) is 0 Å². The van der Waals surface area contributed by atoms with Gasteiger partial charge in [-0.05, 0) is 132 Å². The third-order valence-electron chi connectivity index (χ3n) is 10.1. The van der Waals surface area contributed by atoms with Gasteiger partial charge < -0.3 is 28.4 Å². The van der Waals surface area contributed by atoms with Gasteiger partial charge >= 0.3 is 11.9 Å². The Hall–Kier alpha value is -6.54. The smallest absolute Gasteiger partial charge is 0.311 e. The fourth-order valence-electron chi connectivity index (χ4n) is 6.68. The fourth-order valence-corrected chi connectivity index (χ4v) is 6.68. The minimum Gasteiger partial charge on any atom is -0.497 e. The predicted octanol–water partition coefficient (Wildman–Crippen LogP) is 12.6. The van der Waals surface area contributed by atoms with Crippen LogP contribution in [-0.4, -0.2) is 39.4 Å². The lowest BCUT2D eigenvalue weighted by atomic mass is 10.1. The van der Waals surface area contributed by atoms with Gasteiger partial charge in [0.25, 0.3) is 0 Å². The number of carbonyl (C=O) groups excluding carboxylic acids is 2. The van der Waals surface area contributed by atoms with Gasteiger partial charge in [0.05, 0.1) is 27.4 Å². The van der Waals surface area contributed by atoms with Gasteiger partial charge in [0.1, 0.15) is 34.5 Å². The number of ether oxygens (including phenoxy) is 6. The molecule has 0 N–H and O–H groups in total. The minimum atomic E-state index is -0.236. The molecule has 0 saturated carbocycles. The van der Waals surface area contributed by atoms with Crippen LogP contribution in [0.5, 0.6) is 34.5 Å². The predicted molar refractivity (Wildman–Crippen MR) is 237 cm³/mol. The van der Waals surface area contributed by atoms with E-state index in [-0.39, 0.29) is 11.9 Å². The summed E-state index contributed by atoms with van der Waals surface area (Å²) in [5.41, 5.74) is 6.45. The van der Waals surface area contributed by atoms with E-state index in [4.69, 9.17) is 28.4 Å². The number of hydrogen-bond acceptors (Lipinski definition) is 8. The largest absolute Gasteiger partial charge is 0.497 e. The third kappa shape index (κ3) is 13.8. The maximum atomic E-state index is 12.5. The lowest BCUT2D eigenvalue weighted by Crippen LogP contribution is -2.07. The molecule has 0 saturated heterocycles. The van der Waals surface area contributed by atoms with Crippen molar-refractivity contribution in [1.82, 2.24) is 0 Å². The first-order valence-electron chi connectivity index (χ1n) is 20.8. The van der Waals surface area contributed by atoms with Crippen molar-refractivity contribution in [1.29, 1.82) is 0 Å². The van der Waals surface area contributed by atoms with Crippen molar-refractivity contribution in [2.75, 3.05) is 27.4 Å². The summed E-state index contributed by atoms with van der Waals surface area (Å²) < 4.78 is 33.4. The van der Waals surface area contributed by atoms with Crippen molar-refractivity contribution in [3.05, 3.63) is 146 Å². The molecule has 0 aliphatic rings. The molecule has 0 aromatic heterocycles. The summed E-state index contributed by atoms with van der Waals surface area (Å²) in [5, 5.41) is 0. The zero-order valence-corrected chi connectivity index (χ0v) is 34.6. The first kappa shape index (κ1) is 43.0. The lowest BCUT2D eigenvalue weighted by molar-refractivity contribution is -0.135. The number of unbranched alkanes of at least 4 members (excludes halogenated alkanes) is 6. The number of hydrogen-bond donors (Lipinski definition) is 0. The number of esters is 2. The van der Waals surface area contributed by atoms with E-state index in [0.29, 0.717) is 37.6 Å². The minimum absolute atomic E-state index is 0.236. The Kier molecular flexibility index (Phi) is 16.6. The molecule has 6 rings (SSSR count). The molecule has 0 unspecified atom stereocenters. The molecule has 0 aliphatic carbocycles. The number of carbonyl (C=O) groups is 2. The molecule has 0 amide bonds. The van der Waals surface area contributed by atoms with Crippen LogP contribution in [0.1, 0.15) is 64.2 Å². The maximum Gasteiger partial charge on any atom is 0.311 e. The normalized spacial score (nSPS) is 10.8. The highest BCUT2D eigenvalue weighted by atomic mass is 16.5. The van der Waals surface area contributed by atoms with Crippen molar-refractivity contribution in [2.24, 2.45) is 0 Å². The first-order valence-corrected chi connectivity index (χ1v) is 20.8. The van der Waals surface area contributed by atoms with Crippen molar-refractivity contribution in [2.45, 2.75) is 64.2 Å². The summed E-state index contributed by atoms with van der Waals surface area (Å²) in [4.78, 5) is 24.9. The summed E-state index contributed by atoms with van der Waals surface area (Å²) in [6, 6.07) is 47.1. The summed E-state index contributed by atoms with van der Waals surface area (Å²) in [5.74, 6) is 3.94. The van der Waals surface area contributed by atoms with E-state index in [1.807, 2.05) is 97.1 Å². The molecule has 0 bridgehead atoms. The molecule has 0 heterocycles. The molecule has 0 spiro atoms. The molecule has 6 aromatic rings. The van der Waals surface area contributed by atoms with Gasteiger partial charge in [-0.2, -0.15) is 0 Å². The Morgan fingerprint density at radius 1 is 0.317 bits per heavy atom. The highest BCUT2D eigenvalue weighted by Crippen LogP contribution is 2.28. The average molecular weight is 807 g/mol. The van der Waals surface area contributed by atoms with E-state index in [1.165, 1.54) is 0 Å². The van der Waals surface area contributed by atoms with E-state index < -0.39 is 0 Å². The second-order valence-electron chi connectivity index (χ2n) is 14.5. The molecule has 310 valence electrons. The molecular weight excluding hydrogens is 753 g/mol. The number of benzene rings is 6. The van der Waals surface area contributed by atoms with E-state index in [0.717, 1.165) is 108 Å². The molecule has 0 fully saturated rings. The number of rotatable bonds is 23. The summed E-state index contributed by atoms with van der Waals surface area (Å²) >= 11 is 0. The first-order chi connectivity index (χ1) is 29.4. The zero-order valence-electron chi connectivity index (χ0n) is 34.6. The van der Waals surface area contributed by atoms with Crippen LogP contribution in [0.25, 0.3) is 33.4 Å². The molecule has 0 atom stereocenters. The Bertz CT molecular complexity index is 2020. The quantitative estimate of drug-likeness (QED) is 0.0359. The molecule has 0 aliphatic heterocycles. The van der Waals surface area contributed by atoms with Crippen LogP contribution < -0.4 is 28.4 Å². The molecule has 0 radical (unpaired) electrons. The molecule has 60 heavy (non-hydrogen) atoms. The van der Waals surface area contributed by atoms with Gasteiger partial charge in [-0.15, -0.1) is 0 Å². The van der Waals surface area contributed by atoms with E-state index in [1.54, 1.807) is 38.5 Å². The lowest BCUT2D eigenvalue weighted by Gasteiger charge is -2.09. The monoisotopic (exact) mass is 806 g/mol. The van der Waals surface area contributed by atoms with Gasteiger partial charge in [-0.1, -0.05) is 98.5 Å². The zero-order chi connectivity index (χ0) is 41.8. The van der Waals surface area contributed by atoms with Crippen LogP contribution in [0.3, 0.4) is 0 Å². The maximum absolute atomic E-state index is 12.5. The van der Waals surface area contributed by atoms with Crippen LogP contribution in [0.15, 0.2) is 146 Å². The van der Waals surface area contributed by atoms with E-state index in [2.05, 4.69) is 24.3 Å². The Morgan fingerprint density at radius 3 is 0.850 bits per heavy atom. The van der Waals surface area contributed by atoms with Gasteiger partial charge in [-0.3, -0.25) is 9.59 Å². The summed E-state index contributed by atoms with van der Waals surface area (Å²) in [6.07, 6.45) is 7.93. The Labute approximate surface area is 354 Å². The SMILES string of the molecule is COc1ccc(-c2ccc(OCCCCCCC(=O)Oc3ccc(-c4ccc(OC(=O)CCCCCCOc5ccc(-c6ccc(OC)cc6)cc5)cc4)cc3)cc2)cc1. The highest BCUT2D eigenvalue weighted by molar-refractivity contribution is 5.74. The van der Waals surface area contributed by atoms with Crippen LogP contribution in [-0.2, 0) is 9.59 Å². The summed E-state index contributed by atoms with van der Waals surface area (Å²) in [7, 11) is 3.33. The van der Waals surface area contributed by atoms with Crippen LogP contribution in [0.2, 0.25) is 0 Å². The molecule has 8 heteroatoms. The Morgan fingerprint density at radius 2 is 0.567 bits per heavy atom. The number of methoxy groups -OCH3 is 2. The van der Waals surface area contributed by atoms with Crippen molar-refractivity contribution < 1.29 is 38.0 Å². The van der Waals surface area contributed by atoms with Gasteiger partial charge in [-0.25, -0.2) is 0 Å². The highest BCUT2D eigenvalue weighted by Gasteiger charge is 2.09. The topological polar surface area (TPSA) is 89.5 Å². The van der Waals surface area contributed by atoms with Crippen molar-refractivity contribution in [3.63, 3.8) is 0 Å². The fraction of sp³-hybridized carbons (Fsp3) is 0.269. The standard InChI is InChI=1S/C52H54O8/c1-55-45-25-13-39(14-26-45)41-17-29-47(30-18-41)57-37-9-5-3-7-11-51(53)59-49-33-21-43(22-34-49)44-23-35-50(36-24-44)60-52(54)12-8-4-6-10-38-58-48-31-19-42(20-32-48)40-15-27-46(56-2)28-16-40/h13-36H,3-12,37-38H2,1-2H3. The average Bonchev–Trinajstić information content (AvgIpc) is 3.29.